The zero-order valence-electron chi connectivity index (χ0n) is 20.6. The molecule has 2 N–H and O–H groups in total. The number of carbonyl (C=O) groups excluding carboxylic acids is 2. The molecule has 0 heterocycles. The van der Waals surface area contributed by atoms with Gasteiger partial charge in [0, 0.05) is 34.8 Å². The van der Waals surface area contributed by atoms with Crippen molar-refractivity contribution in [2.75, 3.05) is 22.9 Å². The zero-order chi connectivity index (χ0) is 25.2. The lowest BCUT2D eigenvalue weighted by atomic mass is 10.0. The van der Waals surface area contributed by atoms with Crippen LogP contribution >= 0.6 is 11.8 Å². The van der Waals surface area contributed by atoms with Gasteiger partial charge in [-0.05, 0) is 59.5 Å². The molecule has 0 saturated heterocycles. The van der Waals surface area contributed by atoms with E-state index in [9.17, 15) is 9.59 Å². The van der Waals surface area contributed by atoms with E-state index in [1.54, 1.807) is 0 Å². The number of anilines is 2. The summed E-state index contributed by atoms with van der Waals surface area (Å²) in [4.78, 5) is 26.2. The number of ketones is 1. The van der Waals surface area contributed by atoms with Crippen molar-refractivity contribution >= 4 is 45.6 Å². The monoisotopic (exact) mass is 496 g/mol. The SMILES string of the molecule is CCCCc1ccc(NC(=O)CSc2ccccc2NCCC(=O)c2ccc3ccccc3c2)cc1. The van der Waals surface area contributed by atoms with E-state index in [1.807, 2.05) is 78.9 Å². The zero-order valence-corrected chi connectivity index (χ0v) is 21.4. The molecule has 0 atom stereocenters. The van der Waals surface area contributed by atoms with Gasteiger partial charge in [-0.3, -0.25) is 9.59 Å². The molecule has 0 fully saturated rings. The summed E-state index contributed by atoms with van der Waals surface area (Å²) in [5.74, 6) is 0.382. The highest BCUT2D eigenvalue weighted by Gasteiger charge is 2.10. The van der Waals surface area contributed by atoms with Crippen LogP contribution in [0.25, 0.3) is 10.8 Å². The van der Waals surface area contributed by atoms with Gasteiger partial charge in [-0.15, -0.1) is 11.8 Å². The average molecular weight is 497 g/mol. The fourth-order valence-electron chi connectivity index (χ4n) is 4.03. The Morgan fingerprint density at radius 2 is 1.58 bits per heavy atom. The van der Waals surface area contributed by atoms with Gasteiger partial charge in [-0.1, -0.05) is 74.0 Å². The minimum absolute atomic E-state index is 0.0393. The van der Waals surface area contributed by atoms with Crippen LogP contribution in [0.5, 0.6) is 0 Å². The van der Waals surface area contributed by atoms with E-state index < -0.39 is 0 Å². The molecule has 4 aromatic rings. The van der Waals surface area contributed by atoms with Crippen LogP contribution in [-0.2, 0) is 11.2 Å². The summed E-state index contributed by atoms with van der Waals surface area (Å²) in [5.41, 5.74) is 3.78. The maximum Gasteiger partial charge on any atom is 0.234 e. The van der Waals surface area contributed by atoms with Crippen molar-refractivity contribution in [3.05, 3.63) is 102 Å². The molecule has 0 aliphatic rings. The third-order valence-corrected chi connectivity index (χ3v) is 7.12. The third kappa shape index (κ3) is 7.22. The number of benzene rings is 4. The summed E-state index contributed by atoms with van der Waals surface area (Å²) in [6, 6.07) is 29.9. The largest absolute Gasteiger partial charge is 0.384 e. The van der Waals surface area contributed by atoms with Crippen LogP contribution in [0.15, 0.2) is 95.9 Å². The molecular formula is C31H32N2O2S. The number of nitrogens with one attached hydrogen (secondary N) is 2. The highest BCUT2D eigenvalue weighted by atomic mass is 32.2. The van der Waals surface area contributed by atoms with Crippen molar-refractivity contribution in [2.24, 2.45) is 0 Å². The maximum absolute atomic E-state index is 12.7. The number of Topliss-reactive ketones (excluding diaryl/α,β-unsaturated/α-hetero) is 1. The van der Waals surface area contributed by atoms with Crippen LogP contribution in [0.4, 0.5) is 11.4 Å². The van der Waals surface area contributed by atoms with Crippen LogP contribution in [0.2, 0.25) is 0 Å². The number of para-hydroxylation sites is 1. The molecule has 36 heavy (non-hydrogen) atoms. The Bertz CT molecular complexity index is 1320. The first-order valence-corrected chi connectivity index (χ1v) is 13.5. The first-order chi connectivity index (χ1) is 17.6. The molecule has 0 aromatic heterocycles. The van der Waals surface area contributed by atoms with Crippen molar-refractivity contribution < 1.29 is 9.59 Å². The van der Waals surface area contributed by atoms with Gasteiger partial charge in [0.05, 0.1) is 5.75 Å². The highest BCUT2D eigenvalue weighted by molar-refractivity contribution is 8.00. The van der Waals surface area contributed by atoms with E-state index in [2.05, 4.69) is 29.7 Å². The third-order valence-electron chi connectivity index (χ3n) is 6.04. The number of aryl methyl sites for hydroxylation is 1. The molecule has 184 valence electrons. The molecule has 4 rings (SSSR count). The van der Waals surface area contributed by atoms with Gasteiger partial charge < -0.3 is 10.6 Å². The summed E-state index contributed by atoms with van der Waals surface area (Å²) in [6.45, 7) is 2.71. The Morgan fingerprint density at radius 3 is 2.39 bits per heavy atom. The van der Waals surface area contributed by atoms with Crippen molar-refractivity contribution in [3.63, 3.8) is 0 Å². The van der Waals surface area contributed by atoms with E-state index in [4.69, 9.17) is 0 Å². The standard InChI is InChI=1S/C31H32N2O2S/c1-2-3-8-23-13-17-27(18-14-23)33-31(35)22-36-30-12-7-6-11-28(30)32-20-19-29(34)26-16-15-24-9-4-5-10-25(24)21-26/h4-7,9-18,21,32H,2-3,8,19-20,22H2,1H3,(H,33,35). The Kier molecular flexibility index (Phi) is 9.17. The number of carbonyl (C=O) groups is 2. The predicted octanol–water partition coefficient (Wildman–Crippen LogP) is 7.60. The summed E-state index contributed by atoms with van der Waals surface area (Å²) < 4.78 is 0. The molecule has 5 heteroatoms. The van der Waals surface area contributed by atoms with Crippen molar-refractivity contribution in [1.29, 1.82) is 0 Å². The minimum atomic E-state index is -0.0393. The van der Waals surface area contributed by atoms with Crippen LogP contribution < -0.4 is 10.6 Å². The fourth-order valence-corrected chi connectivity index (χ4v) is 4.86. The van der Waals surface area contributed by atoms with E-state index in [0.29, 0.717) is 18.7 Å². The van der Waals surface area contributed by atoms with Crippen LogP contribution in [-0.4, -0.2) is 24.0 Å². The lowest BCUT2D eigenvalue weighted by Crippen LogP contribution is -2.14. The van der Waals surface area contributed by atoms with Crippen molar-refractivity contribution in [3.8, 4) is 0 Å². The summed E-state index contributed by atoms with van der Waals surface area (Å²) in [6.07, 6.45) is 3.81. The van der Waals surface area contributed by atoms with Gasteiger partial charge in [0.2, 0.25) is 5.91 Å². The molecule has 1 amide bonds. The molecule has 0 aliphatic heterocycles. The normalized spacial score (nSPS) is 10.8. The van der Waals surface area contributed by atoms with Crippen LogP contribution in [0.3, 0.4) is 0 Å². The molecule has 0 spiro atoms. The Labute approximate surface area is 217 Å². The molecule has 0 aliphatic carbocycles. The number of rotatable bonds is 12. The summed E-state index contributed by atoms with van der Waals surface area (Å²) in [5, 5.41) is 8.56. The molecule has 0 saturated carbocycles. The van der Waals surface area contributed by atoms with Gasteiger partial charge >= 0.3 is 0 Å². The van der Waals surface area contributed by atoms with Gasteiger partial charge in [0.25, 0.3) is 0 Å². The lowest BCUT2D eigenvalue weighted by molar-refractivity contribution is -0.113. The second kappa shape index (κ2) is 12.9. The predicted molar refractivity (Wildman–Crippen MR) is 152 cm³/mol. The van der Waals surface area contributed by atoms with Crippen molar-refractivity contribution in [1.82, 2.24) is 0 Å². The Balaban J connectivity index is 1.26. The maximum atomic E-state index is 12.7. The smallest absolute Gasteiger partial charge is 0.234 e. The fraction of sp³-hybridized carbons (Fsp3) is 0.226. The van der Waals surface area contributed by atoms with Gasteiger partial charge in [-0.25, -0.2) is 0 Å². The van der Waals surface area contributed by atoms with E-state index in [1.165, 1.54) is 30.2 Å². The summed E-state index contributed by atoms with van der Waals surface area (Å²) >= 11 is 1.49. The Hall–Kier alpha value is -3.57. The minimum Gasteiger partial charge on any atom is -0.384 e. The number of amides is 1. The van der Waals surface area contributed by atoms with E-state index in [0.717, 1.165) is 39.0 Å². The number of thioether (sulfide) groups is 1. The van der Waals surface area contributed by atoms with Gasteiger partial charge in [-0.2, -0.15) is 0 Å². The first-order valence-electron chi connectivity index (χ1n) is 12.5. The van der Waals surface area contributed by atoms with E-state index in [-0.39, 0.29) is 11.7 Å². The Morgan fingerprint density at radius 1 is 0.833 bits per heavy atom. The highest BCUT2D eigenvalue weighted by Crippen LogP contribution is 2.27. The lowest BCUT2D eigenvalue weighted by Gasteiger charge is -2.12. The van der Waals surface area contributed by atoms with Gasteiger partial charge in [0.1, 0.15) is 0 Å². The van der Waals surface area contributed by atoms with Crippen molar-refractivity contribution in [2.45, 2.75) is 37.5 Å². The average Bonchev–Trinajstić information content (AvgIpc) is 2.91. The number of fused-ring (bicyclic) bond motifs is 1. The van der Waals surface area contributed by atoms with E-state index >= 15 is 0 Å². The molecule has 4 nitrogen and oxygen atoms in total. The quantitative estimate of drug-likeness (QED) is 0.157. The molecule has 0 radical (unpaired) electrons. The van der Waals surface area contributed by atoms with Crippen LogP contribution in [0.1, 0.15) is 42.1 Å². The summed E-state index contributed by atoms with van der Waals surface area (Å²) in [7, 11) is 0. The number of unbranched alkanes of at least 4 members (excludes halogenated alkanes) is 1. The second-order valence-corrected chi connectivity index (χ2v) is 9.81. The second-order valence-electron chi connectivity index (χ2n) is 8.80. The molecule has 4 aromatic carbocycles. The number of hydrogen-bond acceptors (Lipinski definition) is 4. The van der Waals surface area contributed by atoms with Crippen LogP contribution in [0, 0.1) is 0 Å². The first kappa shape index (κ1) is 25.5. The molecule has 0 unspecified atom stereocenters. The van der Waals surface area contributed by atoms with Gasteiger partial charge in [0.15, 0.2) is 5.78 Å². The molecule has 0 bridgehead atoms. The number of hydrogen-bond donors (Lipinski definition) is 2. The topological polar surface area (TPSA) is 58.2 Å². The molecular weight excluding hydrogens is 464 g/mol.